The lowest BCUT2D eigenvalue weighted by molar-refractivity contribution is 0.0377. The highest BCUT2D eigenvalue weighted by atomic mass is 16.5. The molecule has 0 amide bonds. The SMILES string of the molecule is NNC(=NCCCN1CCOCC1)NC1CCCC1. The molecule has 0 atom stereocenters. The molecular formula is C13H27N5O. The fourth-order valence-corrected chi connectivity index (χ4v) is 2.71. The van der Waals surface area contributed by atoms with Gasteiger partial charge in [-0.3, -0.25) is 15.3 Å². The zero-order chi connectivity index (χ0) is 13.3. The van der Waals surface area contributed by atoms with Crippen molar-refractivity contribution in [3.63, 3.8) is 0 Å². The minimum absolute atomic E-state index is 0.550. The highest BCUT2D eigenvalue weighted by Gasteiger charge is 2.15. The van der Waals surface area contributed by atoms with Gasteiger partial charge in [-0.1, -0.05) is 12.8 Å². The Morgan fingerprint density at radius 2 is 2.00 bits per heavy atom. The Hall–Kier alpha value is -0.850. The molecule has 0 spiro atoms. The van der Waals surface area contributed by atoms with Crippen LogP contribution in [0.5, 0.6) is 0 Å². The van der Waals surface area contributed by atoms with Crippen molar-refractivity contribution in [2.24, 2.45) is 10.8 Å². The lowest BCUT2D eigenvalue weighted by Gasteiger charge is -2.26. The fourth-order valence-electron chi connectivity index (χ4n) is 2.71. The first-order chi connectivity index (χ1) is 9.38. The molecule has 0 aromatic carbocycles. The maximum atomic E-state index is 5.51. The van der Waals surface area contributed by atoms with Gasteiger partial charge in [-0.05, 0) is 19.3 Å². The highest BCUT2D eigenvalue weighted by molar-refractivity contribution is 5.79. The van der Waals surface area contributed by atoms with E-state index in [0.29, 0.717) is 6.04 Å². The van der Waals surface area contributed by atoms with Crippen molar-refractivity contribution < 1.29 is 4.74 Å². The van der Waals surface area contributed by atoms with Crippen LogP contribution in [0.15, 0.2) is 4.99 Å². The molecule has 110 valence electrons. The van der Waals surface area contributed by atoms with E-state index in [1.54, 1.807) is 0 Å². The molecule has 2 fully saturated rings. The summed E-state index contributed by atoms with van der Waals surface area (Å²) in [6.45, 7) is 5.73. The fraction of sp³-hybridized carbons (Fsp3) is 0.923. The number of nitrogens with two attached hydrogens (primary N) is 1. The summed E-state index contributed by atoms with van der Waals surface area (Å²) in [5.74, 6) is 6.25. The van der Waals surface area contributed by atoms with Crippen LogP contribution in [-0.4, -0.2) is 56.3 Å². The number of nitrogens with zero attached hydrogens (tertiary/aromatic N) is 2. The first-order valence-corrected chi connectivity index (χ1v) is 7.46. The average molecular weight is 269 g/mol. The van der Waals surface area contributed by atoms with Crippen LogP contribution >= 0.6 is 0 Å². The minimum atomic E-state index is 0.550. The molecular weight excluding hydrogens is 242 g/mol. The van der Waals surface area contributed by atoms with Crippen LogP contribution < -0.4 is 16.6 Å². The number of morpholine rings is 1. The first kappa shape index (κ1) is 14.6. The van der Waals surface area contributed by atoms with Gasteiger partial charge in [0.25, 0.3) is 0 Å². The van der Waals surface area contributed by atoms with Crippen molar-refractivity contribution in [3.05, 3.63) is 0 Å². The van der Waals surface area contributed by atoms with Crippen molar-refractivity contribution in [2.75, 3.05) is 39.4 Å². The molecule has 6 heteroatoms. The molecule has 19 heavy (non-hydrogen) atoms. The molecule has 1 heterocycles. The van der Waals surface area contributed by atoms with Crippen LogP contribution in [0.25, 0.3) is 0 Å². The van der Waals surface area contributed by atoms with E-state index >= 15 is 0 Å². The number of nitrogens with one attached hydrogen (secondary N) is 2. The van der Waals surface area contributed by atoms with Crippen LogP contribution in [0.2, 0.25) is 0 Å². The van der Waals surface area contributed by atoms with Gasteiger partial charge >= 0.3 is 0 Å². The van der Waals surface area contributed by atoms with Gasteiger partial charge in [0.15, 0.2) is 0 Å². The predicted octanol–water partition coefficient (Wildman–Crippen LogP) is 0.0602. The van der Waals surface area contributed by atoms with E-state index in [0.717, 1.165) is 51.8 Å². The second-order valence-corrected chi connectivity index (χ2v) is 5.31. The normalized spacial score (nSPS) is 22.7. The third kappa shape index (κ3) is 5.34. The summed E-state index contributed by atoms with van der Waals surface area (Å²) in [6, 6.07) is 0.550. The summed E-state index contributed by atoms with van der Waals surface area (Å²) in [6.07, 6.45) is 6.15. The number of hydrazine groups is 1. The lowest BCUT2D eigenvalue weighted by Crippen LogP contribution is -2.45. The van der Waals surface area contributed by atoms with Gasteiger partial charge in [0.05, 0.1) is 13.2 Å². The van der Waals surface area contributed by atoms with Crippen molar-refractivity contribution >= 4 is 5.96 Å². The molecule has 1 aliphatic heterocycles. The summed E-state index contributed by atoms with van der Waals surface area (Å²) in [7, 11) is 0. The van der Waals surface area contributed by atoms with E-state index in [9.17, 15) is 0 Å². The van der Waals surface area contributed by atoms with E-state index < -0.39 is 0 Å². The summed E-state index contributed by atoms with van der Waals surface area (Å²) >= 11 is 0. The summed E-state index contributed by atoms with van der Waals surface area (Å²) < 4.78 is 5.33. The number of rotatable bonds is 5. The Bertz CT molecular complexity index is 272. The Morgan fingerprint density at radius 1 is 1.26 bits per heavy atom. The van der Waals surface area contributed by atoms with Gasteiger partial charge in [0.2, 0.25) is 5.96 Å². The Morgan fingerprint density at radius 3 is 2.68 bits per heavy atom. The molecule has 0 aromatic rings. The molecule has 0 bridgehead atoms. The molecule has 2 rings (SSSR count). The Kier molecular flexibility index (Phi) is 6.39. The summed E-state index contributed by atoms with van der Waals surface area (Å²) in [5, 5.41) is 3.38. The number of hydrogen-bond donors (Lipinski definition) is 3. The van der Waals surface area contributed by atoms with Crippen LogP contribution in [-0.2, 0) is 4.74 Å². The van der Waals surface area contributed by atoms with Gasteiger partial charge in [-0.15, -0.1) is 0 Å². The molecule has 4 N–H and O–H groups in total. The topological polar surface area (TPSA) is 74.9 Å². The molecule has 1 saturated carbocycles. The first-order valence-electron chi connectivity index (χ1n) is 7.46. The van der Waals surface area contributed by atoms with Crippen LogP contribution in [0.4, 0.5) is 0 Å². The number of ether oxygens (including phenoxy) is 1. The second-order valence-electron chi connectivity index (χ2n) is 5.31. The van der Waals surface area contributed by atoms with Crippen molar-refractivity contribution in [1.82, 2.24) is 15.6 Å². The lowest BCUT2D eigenvalue weighted by atomic mass is 10.2. The molecule has 0 radical (unpaired) electrons. The Balaban J connectivity index is 1.61. The predicted molar refractivity (Wildman–Crippen MR) is 76.9 cm³/mol. The van der Waals surface area contributed by atoms with Gasteiger partial charge in [-0.2, -0.15) is 0 Å². The van der Waals surface area contributed by atoms with Gasteiger partial charge < -0.3 is 10.1 Å². The molecule has 1 saturated heterocycles. The summed E-state index contributed by atoms with van der Waals surface area (Å²) in [5.41, 5.74) is 2.67. The minimum Gasteiger partial charge on any atom is -0.379 e. The number of guanidine groups is 1. The number of aliphatic imine (C=N–C) groups is 1. The van der Waals surface area contributed by atoms with Crippen molar-refractivity contribution in [3.8, 4) is 0 Å². The zero-order valence-corrected chi connectivity index (χ0v) is 11.7. The smallest absolute Gasteiger partial charge is 0.205 e. The van der Waals surface area contributed by atoms with E-state index in [1.165, 1.54) is 25.7 Å². The number of hydrogen-bond acceptors (Lipinski definition) is 4. The van der Waals surface area contributed by atoms with Crippen molar-refractivity contribution in [2.45, 2.75) is 38.1 Å². The molecule has 2 aliphatic rings. The zero-order valence-electron chi connectivity index (χ0n) is 11.7. The molecule has 6 nitrogen and oxygen atoms in total. The average Bonchev–Trinajstić information content (AvgIpc) is 2.96. The largest absolute Gasteiger partial charge is 0.379 e. The molecule has 0 aromatic heterocycles. The van der Waals surface area contributed by atoms with E-state index in [2.05, 4.69) is 20.6 Å². The van der Waals surface area contributed by atoms with Gasteiger partial charge in [0.1, 0.15) is 0 Å². The molecule has 1 aliphatic carbocycles. The maximum Gasteiger partial charge on any atom is 0.205 e. The maximum absolute atomic E-state index is 5.51. The van der Waals surface area contributed by atoms with Gasteiger partial charge in [-0.25, -0.2) is 5.84 Å². The highest BCUT2D eigenvalue weighted by Crippen LogP contribution is 2.17. The van der Waals surface area contributed by atoms with Crippen LogP contribution in [0.1, 0.15) is 32.1 Å². The van der Waals surface area contributed by atoms with E-state index in [-0.39, 0.29) is 0 Å². The molecule has 0 unspecified atom stereocenters. The summed E-state index contributed by atoms with van der Waals surface area (Å²) in [4.78, 5) is 6.93. The van der Waals surface area contributed by atoms with Crippen LogP contribution in [0, 0.1) is 0 Å². The van der Waals surface area contributed by atoms with E-state index in [4.69, 9.17) is 10.6 Å². The Labute approximate surface area is 115 Å². The third-order valence-electron chi connectivity index (χ3n) is 3.84. The third-order valence-corrected chi connectivity index (χ3v) is 3.84. The van der Waals surface area contributed by atoms with Gasteiger partial charge in [0, 0.05) is 32.2 Å². The van der Waals surface area contributed by atoms with Crippen molar-refractivity contribution in [1.29, 1.82) is 0 Å². The van der Waals surface area contributed by atoms with E-state index in [1.807, 2.05) is 0 Å². The van der Waals surface area contributed by atoms with Crippen LogP contribution in [0.3, 0.4) is 0 Å². The standard InChI is InChI=1S/C13H27N5O/c14-17-13(16-12-4-1-2-5-12)15-6-3-7-18-8-10-19-11-9-18/h12H,1-11,14H2,(H2,15,16,17). The quantitative estimate of drug-likeness (QED) is 0.216. The monoisotopic (exact) mass is 269 g/mol. The second kappa shape index (κ2) is 8.35.